The number of methoxy groups -OCH3 is 1. The average molecular weight is 510 g/mol. The predicted octanol–water partition coefficient (Wildman–Crippen LogP) is 7.18. The summed E-state index contributed by atoms with van der Waals surface area (Å²) >= 11 is 6.10. The standard InChI is InChI=1S/C27H31ClF3NO3/c1-18(33)3-13-24(20-7-11-23(28)12-8-20)32-16-15-19(4-14-26(34)35-2)17-25(32)21-5-9-22(10-6-21)27(29,30)31/h5-12,19,24-25H,3-4,13-17H2,1-2H3/t19-,24?,25+/m1/s1. The lowest BCUT2D eigenvalue weighted by molar-refractivity contribution is -0.141. The molecule has 8 heteroatoms. The second kappa shape index (κ2) is 12.0. The number of nitrogens with zero attached hydrogens (tertiary/aromatic N) is 1. The predicted molar refractivity (Wildman–Crippen MR) is 129 cm³/mol. The Morgan fingerprint density at radius 3 is 2.31 bits per heavy atom. The largest absolute Gasteiger partial charge is 0.469 e. The number of alkyl halides is 3. The summed E-state index contributed by atoms with van der Waals surface area (Å²) in [5, 5.41) is 0.611. The van der Waals surface area contributed by atoms with Gasteiger partial charge in [0, 0.05) is 29.9 Å². The minimum Gasteiger partial charge on any atom is -0.469 e. The molecule has 0 saturated carbocycles. The summed E-state index contributed by atoms with van der Waals surface area (Å²) in [5.41, 5.74) is 1.12. The minimum atomic E-state index is -4.40. The van der Waals surface area contributed by atoms with Gasteiger partial charge in [0.05, 0.1) is 12.7 Å². The molecule has 4 nitrogen and oxygen atoms in total. The number of ether oxygens (including phenoxy) is 1. The summed E-state index contributed by atoms with van der Waals surface area (Å²) in [4.78, 5) is 25.8. The minimum absolute atomic E-state index is 0.0861. The van der Waals surface area contributed by atoms with Gasteiger partial charge in [0.15, 0.2) is 0 Å². The Bertz CT molecular complexity index is 992. The monoisotopic (exact) mass is 509 g/mol. The van der Waals surface area contributed by atoms with Crippen LogP contribution in [0.4, 0.5) is 13.2 Å². The van der Waals surface area contributed by atoms with E-state index in [0.29, 0.717) is 43.7 Å². The van der Waals surface area contributed by atoms with Crippen molar-refractivity contribution in [3.05, 3.63) is 70.2 Å². The summed E-state index contributed by atoms with van der Waals surface area (Å²) in [5.74, 6) is 0.0540. The van der Waals surface area contributed by atoms with Crippen LogP contribution in [0.1, 0.15) is 74.2 Å². The van der Waals surface area contributed by atoms with E-state index in [0.717, 1.165) is 29.7 Å². The Hall–Kier alpha value is -2.38. The van der Waals surface area contributed by atoms with Crippen molar-refractivity contribution in [1.82, 2.24) is 4.90 Å². The molecule has 1 heterocycles. The maximum atomic E-state index is 13.2. The van der Waals surface area contributed by atoms with E-state index in [9.17, 15) is 22.8 Å². The first-order valence-electron chi connectivity index (χ1n) is 11.8. The molecular formula is C27H31ClF3NO3. The number of carbonyl (C=O) groups excluding carboxylic acids is 2. The SMILES string of the molecule is COC(=O)CC[C@@H]1CCN(C(CCC(C)=O)c2ccc(Cl)cc2)[C@H](c2ccc(C(F)(F)F)cc2)C1. The first-order chi connectivity index (χ1) is 16.6. The number of benzene rings is 2. The van der Waals surface area contributed by atoms with Crippen molar-refractivity contribution in [2.45, 2.75) is 63.7 Å². The maximum absolute atomic E-state index is 13.2. The van der Waals surface area contributed by atoms with Gasteiger partial charge >= 0.3 is 12.1 Å². The van der Waals surface area contributed by atoms with Gasteiger partial charge < -0.3 is 9.53 Å². The number of ketones is 1. The number of hydrogen-bond acceptors (Lipinski definition) is 4. The number of carbonyl (C=O) groups is 2. The molecule has 1 unspecified atom stereocenters. The molecule has 0 aromatic heterocycles. The smallest absolute Gasteiger partial charge is 0.416 e. The van der Waals surface area contributed by atoms with Crippen molar-refractivity contribution >= 4 is 23.4 Å². The Balaban J connectivity index is 1.93. The molecule has 0 spiro atoms. The summed E-state index contributed by atoms with van der Waals surface area (Å²) in [6.45, 7) is 2.26. The zero-order valence-corrected chi connectivity index (χ0v) is 20.7. The molecule has 3 rings (SSSR count). The lowest BCUT2D eigenvalue weighted by atomic mass is 9.82. The van der Waals surface area contributed by atoms with E-state index in [4.69, 9.17) is 16.3 Å². The van der Waals surface area contributed by atoms with E-state index < -0.39 is 11.7 Å². The molecule has 0 bridgehead atoms. The summed E-state index contributed by atoms with van der Waals surface area (Å²) < 4.78 is 44.3. The second-order valence-electron chi connectivity index (χ2n) is 9.19. The average Bonchev–Trinajstić information content (AvgIpc) is 2.83. The molecule has 1 saturated heterocycles. The van der Waals surface area contributed by atoms with E-state index in [1.807, 2.05) is 24.3 Å². The molecule has 1 aliphatic heterocycles. The fourth-order valence-corrected chi connectivity index (χ4v) is 5.01. The van der Waals surface area contributed by atoms with Crippen molar-refractivity contribution < 1.29 is 27.5 Å². The Morgan fingerprint density at radius 2 is 1.74 bits per heavy atom. The van der Waals surface area contributed by atoms with Crippen LogP contribution in [0.25, 0.3) is 0 Å². The number of esters is 1. The molecule has 1 fully saturated rings. The van der Waals surface area contributed by atoms with Crippen molar-refractivity contribution in [1.29, 1.82) is 0 Å². The molecule has 2 aromatic carbocycles. The quantitative estimate of drug-likeness (QED) is 0.336. The maximum Gasteiger partial charge on any atom is 0.416 e. The fourth-order valence-electron chi connectivity index (χ4n) is 4.89. The third-order valence-corrected chi connectivity index (χ3v) is 7.04. The lowest BCUT2D eigenvalue weighted by Crippen LogP contribution is -2.40. The zero-order chi connectivity index (χ0) is 25.6. The van der Waals surface area contributed by atoms with Crippen LogP contribution in [0.2, 0.25) is 5.02 Å². The number of rotatable bonds is 9. The summed E-state index contributed by atoms with van der Waals surface area (Å²) in [6, 6.07) is 12.6. The molecule has 1 aliphatic rings. The van der Waals surface area contributed by atoms with Crippen LogP contribution in [0.15, 0.2) is 48.5 Å². The van der Waals surface area contributed by atoms with Gasteiger partial charge in [-0.1, -0.05) is 35.9 Å². The van der Waals surface area contributed by atoms with Crippen LogP contribution in [0, 0.1) is 5.92 Å². The number of piperidine rings is 1. The number of Topliss-reactive ketones (excluding diaryl/α,β-unsaturated/α-hetero) is 1. The molecule has 3 atom stereocenters. The van der Waals surface area contributed by atoms with Crippen molar-refractivity contribution in [3.63, 3.8) is 0 Å². The Kier molecular flexibility index (Phi) is 9.36. The third-order valence-electron chi connectivity index (χ3n) is 6.78. The van der Waals surface area contributed by atoms with Gasteiger partial charge in [0.25, 0.3) is 0 Å². The van der Waals surface area contributed by atoms with Crippen LogP contribution in [0.5, 0.6) is 0 Å². The lowest BCUT2D eigenvalue weighted by Gasteiger charge is -2.44. The van der Waals surface area contributed by atoms with Crippen molar-refractivity contribution in [2.24, 2.45) is 5.92 Å². The highest BCUT2D eigenvalue weighted by molar-refractivity contribution is 6.30. The summed E-state index contributed by atoms with van der Waals surface area (Å²) in [7, 11) is 1.36. The van der Waals surface area contributed by atoms with Crippen LogP contribution >= 0.6 is 11.6 Å². The molecule has 35 heavy (non-hydrogen) atoms. The molecule has 0 radical (unpaired) electrons. The molecular weight excluding hydrogens is 479 g/mol. The van der Waals surface area contributed by atoms with E-state index >= 15 is 0 Å². The molecule has 0 aliphatic carbocycles. The topological polar surface area (TPSA) is 46.6 Å². The highest BCUT2D eigenvalue weighted by atomic mass is 35.5. The molecule has 0 amide bonds. The Morgan fingerprint density at radius 1 is 1.09 bits per heavy atom. The van der Waals surface area contributed by atoms with Crippen molar-refractivity contribution in [2.75, 3.05) is 13.7 Å². The van der Waals surface area contributed by atoms with Gasteiger partial charge in [-0.3, -0.25) is 9.69 Å². The van der Waals surface area contributed by atoms with Gasteiger partial charge in [-0.15, -0.1) is 0 Å². The first kappa shape index (κ1) is 27.2. The van der Waals surface area contributed by atoms with E-state index in [-0.39, 0.29) is 29.8 Å². The third kappa shape index (κ3) is 7.55. The Labute approximate surface area is 209 Å². The van der Waals surface area contributed by atoms with E-state index in [1.54, 1.807) is 19.1 Å². The number of halogens is 4. The van der Waals surface area contributed by atoms with Gasteiger partial charge in [-0.2, -0.15) is 13.2 Å². The van der Waals surface area contributed by atoms with Crippen LogP contribution in [-0.4, -0.2) is 30.3 Å². The van der Waals surface area contributed by atoms with E-state index in [1.165, 1.54) is 7.11 Å². The number of likely N-dealkylation sites (tertiary alicyclic amines) is 1. The van der Waals surface area contributed by atoms with Gasteiger partial charge in [0.1, 0.15) is 5.78 Å². The van der Waals surface area contributed by atoms with Crippen molar-refractivity contribution in [3.8, 4) is 0 Å². The fraction of sp³-hybridized carbons (Fsp3) is 0.481. The first-order valence-corrected chi connectivity index (χ1v) is 12.2. The van der Waals surface area contributed by atoms with Crippen LogP contribution in [-0.2, 0) is 20.5 Å². The van der Waals surface area contributed by atoms with Gasteiger partial charge in [-0.25, -0.2) is 0 Å². The number of hydrogen-bond donors (Lipinski definition) is 0. The van der Waals surface area contributed by atoms with Gasteiger partial charge in [-0.05, 0) is 80.5 Å². The molecule has 0 N–H and O–H groups in total. The van der Waals surface area contributed by atoms with Crippen LogP contribution in [0.3, 0.4) is 0 Å². The molecule has 2 aromatic rings. The van der Waals surface area contributed by atoms with Gasteiger partial charge in [0.2, 0.25) is 0 Å². The summed E-state index contributed by atoms with van der Waals surface area (Å²) in [6.07, 6.45) is -0.884. The van der Waals surface area contributed by atoms with Crippen LogP contribution < -0.4 is 0 Å². The molecule has 190 valence electrons. The normalized spacial score (nSPS) is 19.8. The highest BCUT2D eigenvalue weighted by Gasteiger charge is 2.36. The zero-order valence-electron chi connectivity index (χ0n) is 20.0. The van der Waals surface area contributed by atoms with E-state index in [2.05, 4.69) is 4.90 Å². The highest BCUT2D eigenvalue weighted by Crippen LogP contribution is 2.43. The second-order valence-corrected chi connectivity index (χ2v) is 9.62.